The van der Waals surface area contributed by atoms with E-state index in [1.165, 1.54) is 6.07 Å². The Morgan fingerprint density at radius 2 is 1.59 bits per heavy atom. The molecule has 0 saturated carbocycles. The van der Waals surface area contributed by atoms with Crippen LogP contribution in [-0.4, -0.2) is 49.1 Å². The van der Waals surface area contributed by atoms with Gasteiger partial charge < -0.3 is 19.5 Å². The maximum absolute atomic E-state index is 12.6. The van der Waals surface area contributed by atoms with Crippen molar-refractivity contribution in [2.45, 2.75) is 6.18 Å². The number of halogens is 5. The van der Waals surface area contributed by atoms with Crippen LogP contribution in [0.2, 0.25) is 10.0 Å². The Morgan fingerprint density at radius 3 is 2.21 bits per heavy atom. The second-order valence-electron chi connectivity index (χ2n) is 7.57. The van der Waals surface area contributed by atoms with Gasteiger partial charge in [0.05, 0.1) is 5.02 Å². The zero-order valence-electron chi connectivity index (χ0n) is 17.5. The first kappa shape index (κ1) is 24.0. The summed E-state index contributed by atoms with van der Waals surface area (Å²) in [5.74, 6) is -1.76. The number of hydrogen-bond acceptors (Lipinski definition) is 4. The van der Waals surface area contributed by atoms with E-state index < -0.39 is 18.0 Å². The second kappa shape index (κ2) is 9.60. The van der Waals surface area contributed by atoms with Crippen molar-refractivity contribution in [3.05, 3.63) is 70.4 Å². The van der Waals surface area contributed by atoms with Gasteiger partial charge in [0.2, 0.25) is 0 Å². The van der Waals surface area contributed by atoms with E-state index in [1.807, 2.05) is 4.90 Å². The molecule has 1 aliphatic rings. The molecular formula is C23H18Cl2F3N3O3. The molecule has 0 bridgehead atoms. The van der Waals surface area contributed by atoms with E-state index in [0.29, 0.717) is 27.1 Å². The van der Waals surface area contributed by atoms with E-state index in [1.54, 1.807) is 48.5 Å². The molecule has 6 nitrogen and oxygen atoms in total. The number of amides is 2. The molecule has 0 unspecified atom stereocenters. The normalized spacial score (nSPS) is 14.3. The fourth-order valence-corrected chi connectivity index (χ4v) is 4.09. The molecule has 3 aromatic rings. The number of nitrogens with one attached hydrogen (secondary N) is 1. The van der Waals surface area contributed by atoms with Crippen LogP contribution in [0, 0.1) is 0 Å². The third-order valence-electron chi connectivity index (χ3n) is 5.33. The van der Waals surface area contributed by atoms with Crippen LogP contribution in [0.1, 0.15) is 10.6 Å². The minimum absolute atomic E-state index is 0.0186. The number of carbonyl (C=O) groups is 2. The topological polar surface area (TPSA) is 65.8 Å². The molecular weight excluding hydrogens is 494 g/mol. The lowest BCUT2D eigenvalue weighted by molar-refractivity contribution is -0.185. The number of rotatable bonds is 4. The van der Waals surface area contributed by atoms with Crippen LogP contribution >= 0.6 is 23.2 Å². The van der Waals surface area contributed by atoms with Crippen LogP contribution in [-0.2, 0) is 4.79 Å². The first-order valence-electron chi connectivity index (χ1n) is 10.2. The predicted octanol–water partition coefficient (Wildman–Crippen LogP) is 5.72. The van der Waals surface area contributed by atoms with Crippen molar-refractivity contribution in [2.24, 2.45) is 0 Å². The molecule has 1 aliphatic heterocycles. The molecule has 34 heavy (non-hydrogen) atoms. The Kier molecular flexibility index (Phi) is 6.77. The van der Waals surface area contributed by atoms with Gasteiger partial charge in [-0.3, -0.25) is 9.59 Å². The van der Waals surface area contributed by atoms with Gasteiger partial charge in [0, 0.05) is 48.1 Å². The van der Waals surface area contributed by atoms with Gasteiger partial charge in [0.1, 0.15) is 5.76 Å². The fraction of sp³-hybridized carbons (Fsp3) is 0.217. The van der Waals surface area contributed by atoms with Crippen LogP contribution in [0.4, 0.5) is 24.5 Å². The molecule has 1 aromatic heterocycles. The summed E-state index contributed by atoms with van der Waals surface area (Å²) in [6.07, 6.45) is -4.86. The zero-order chi connectivity index (χ0) is 24.5. The number of benzene rings is 2. The van der Waals surface area contributed by atoms with E-state index in [0.717, 1.165) is 10.6 Å². The highest BCUT2D eigenvalue weighted by Gasteiger charge is 2.43. The largest absolute Gasteiger partial charge is 0.471 e. The van der Waals surface area contributed by atoms with Gasteiger partial charge >= 0.3 is 12.1 Å². The Balaban J connectivity index is 1.36. The molecule has 0 atom stereocenters. The number of nitrogens with zero attached hydrogens (tertiary/aromatic N) is 2. The number of carbonyl (C=O) groups excluding carboxylic acids is 2. The van der Waals surface area contributed by atoms with Crippen molar-refractivity contribution in [3.8, 4) is 11.3 Å². The van der Waals surface area contributed by atoms with Crippen molar-refractivity contribution in [2.75, 3.05) is 36.4 Å². The van der Waals surface area contributed by atoms with Crippen LogP contribution in [0.5, 0.6) is 0 Å². The van der Waals surface area contributed by atoms with Crippen LogP contribution < -0.4 is 10.2 Å². The van der Waals surface area contributed by atoms with Crippen LogP contribution in [0.25, 0.3) is 11.3 Å². The standard InChI is InChI=1S/C23H18Cl2F3N3O3/c24-14-1-6-17(18(25)13-14)19-7-8-20(34-19)21(32)29-15-2-4-16(5-3-15)30-9-11-31(12-10-30)22(33)23(26,27)28/h1-8,13H,9-12H2,(H,29,32). The SMILES string of the molecule is O=C(Nc1ccc(N2CCN(C(=O)C(F)(F)F)CC2)cc1)c1ccc(-c2ccc(Cl)cc2Cl)o1. The molecule has 2 heterocycles. The number of furan rings is 1. The Bertz CT molecular complexity index is 1200. The van der Waals surface area contributed by atoms with Crippen molar-refractivity contribution in [1.82, 2.24) is 4.90 Å². The van der Waals surface area contributed by atoms with Gasteiger partial charge in [-0.25, -0.2) is 0 Å². The lowest BCUT2D eigenvalue weighted by atomic mass is 10.2. The highest BCUT2D eigenvalue weighted by Crippen LogP contribution is 2.32. The summed E-state index contributed by atoms with van der Waals surface area (Å²) >= 11 is 12.1. The first-order chi connectivity index (χ1) is 16.1. The minimum atomic E-state index is -4.86. The van der Waals surface area contributed by atoms with Crippen molar-refractivity contribution in [3.63, 3.8) is 0 Å². The van der Waals surface area contributed by atoms with E-state index >= 15 is 0 Å². The molecule has 1 fully saturated rings. The van der Waals surface area contributed by atoms with E-state index in [2.05, 4.69) is 5.32 Å². The zero-order valence-corrected chi connectivity index (χ0v) is 19.0. The van der Waals surface area contributed by atoms with E-state index in [4.69, 9.17) is 27.6 Å². The minimum Gasteiger partial charge on any atom is -0.451 e. The number of alkyl halides is 3. The average molecular weight is 512 g/mol. The highest BCUT2D eigenvalue weighted by molar-refractivity contribution is 6.36. The lowest BCUT2D eigenvalue weighted by Gasteiger charge is -2.36. The van der Waals surface area contributed by atoms with Crippen LogP contribution in [0.15, 0.2) is 59.0 Å². The van der Waals surface area contributed by atoms with Crippen molar-refractivity contribution < 1.29 is 27.2 Å². The first-order valence-corrected chi connectivity index (χ1v) is 10.9. The summed E-state index contributed by atoms with van der Waals surface area (Å²) in [4.78, 5) is 26.6. The molecule has 1 saturated heterocycles. The van der Waals surface area contributed by atoms with Gasteiger partial charge in [-0.05, 0) is 54.6 Å². The van der Waals surface area contributed by atoms with Gasteiger partial charge in [-0.1, -0.05) is 23.2 Å². The average Bonchev–Trinajstić information content (AvgIpc) is 3.29. The number of anilines is 2. The van der Waals surface area contributed by atoms with Gasteiger partial charge in [0.25, 0.3) is 5.91 Å². The Morgan fingerprint density at radius 1 is 0.912 bits per heavy atom. The summed E-state index contributed by atoms with van der Waals surface area (Å²) in [7, 11) is 0. The second-order valence-corrected chi connectivity index (χ2v) is 8.41. The number of hydrogen-bond donors (Lipinski definition) is 1. The predicted molar refractivity (Wildman–Crippen MR) is 123 cm³/mol. The summed E-state index contributed by atoms with van der Waals surface area (Å²) in [6, 6.07) is 15.0. The van der Waals surface area contributed by atoms with Crippen LogP contribution in [0.3, 0.4) is 0 Å². The van der Waals surface area contributed by atoms with E-state index in [-0.39, 0.29) is 31.9 Å². The lowest BCUT2D eigenvalue weighted by Crippen LogP contribution is -2.52. The molecule has 2 aromatic carbocycles. The quantitative estimate of drug-likeness (QED) is 0.486. The van der Waals surface area contributed by atoms with Crippen molar-refractivity contribution in [1.29, 1.82) is 0 Å². The summed E-state index contributed by atoms with van der Waals surface area (Å²) in [5.41, 5.74) is 1.89. The molecule has 178 valence electrons. The van der Waals surface area contributed by atoms with Gasteiger partial charge in [-0.15, -0.1) is 0 Å². The van der Waals surface area contributed by atoms with E-state index in [9.17, 15) is 22.8 Å². The highest BCUT2D eigenvalue weighted by atomic mass is 35.5. The monoisotopic (exact) mass is 511 g/mol. The fourth-order valence-electron chi connectivity index (χ4n) is 3.59. The maximum Gasteiger partial charge on any atom is 0.471 e. The molecule has 0 spiro atoms. The smallest absolute Gasteiger partial charge is 0.451 e. The summed E-state index contributed by atoms with van der Waals surface area (Å²) in [5, 5.41) is 3.61. The third kappa shape index (κ3) is 5.31. The molecule has 4 rings (SSSR count). The molecule has 2 amide bonds. The van der Waals surface area contributed by atoms with Gasteiger partial charge in [0.15, 0.2) is 5.76 Å². The molecule has 0 radical (unpaired) electrons. The number of piperazine rings is 1. The summed E-state index contributed by atoms with van der Waals surface area (Å²) in [6.45, 7) is 0.510. The Labute approximate surface area is 202 Å². The van der Waals surface area contributed by atoms with Crippen molar-refractivity contribution >= 4 is 46.4 Å². The van der Waals surface area contributed by atoms with Gasteiger partial charge in [-0.2, -0.15) is 13.2 Å². The molecule has 11 heteroatoms. The maximum atomic E-state index is 12.6. The third-order valence-corrected chi connectivity index (χ3v) is 5.87. The molecule has 1 N–H and O–H groups in total. The summed E-state index contributed by atoms with van der Waals surface area (Å²) < 4.78 is 43.4. The molecule has 0 aliphatic carbocycles. The Hall–Kier alpha value is -3.17.